The summed E-state index contributed by atoms with van der Waals surface area (Å²) in [5, 5.41) is 7.02. The van der Waals surface area contributed by atoms with Crippen LogP contribution < -0.4 is 4.74 Å². The van der Waals surface area contributed by atoms with E-state index in [1.165, 1.54) is 16.1 Å². The number of esters is 1. The van der Waals surface area contributed by atoms with Crippen LogP contribution in [0.4, 0.5) is 0 Å². The standard InChI is InChI=1S/C31H28N2O5/c1-36-25-12-10-21(11-13-25)28-17-27(20-6-3-2-4-7-20)32-33(28)30(34)19-38-31(35)16-24-18-37-29-15-23-9-5-8-22(23)14-26(24)29/h2-4,6-7,10-15,18,28H,5,8-9,16-17,19H2,1H3/t28-/m1/s1. The Bertz CT molecular complexity index is 1520. The summed E-state index contributed by atoms with van der Waals surface area (Å²) >= 11 is 0. The minimum atomic E-state index is -0.478. The van der Waals surface area contributed by atoms with Gasteiger partial charge in [-0.1, -0.05) is 42.5 Å². The zero-order valence-corrected chi connectivity index (χ0v) is 21.2. The fourth-order valence-corrected chi connectivity index (χ4v) is 5.33. The third-order valence-corrected chi connectivity index (χ3v) is 7.33. The van der Waals surface area contributed by atoms with Gasteiger partial charge in [0.1, 0.15) is 11.3 Å². The number of rotatable bonds is 7. The van der Waals surface area contributed by atoms with E-state index in [2.05, 4.69) is 17.2 Å². The smallest absolute Gasteiger partial charge is 0.310 e. The molecule has 2 heterocycles. The van der Waals surface area contributed by atoms with Gasteiger partial charge in [-0.05, 0) is 65.8 Å². The van der Waals surface area contributed by atoms with Crippen molar-refractivity contribution in [1.29, 1.82) is 0 Å². The second kappa shape index (κ2) is 10.2. The number of ether oxygens (including phenoxy) is 2. The van der Waals surface area contributed by atoms with Crippen LogP contribution >= 0.6 is 0 Å². The molecule has 6 rings (SSSR count). The Kier molecular flexibility index (Phi) is 6.42. The van der Waals surface area contributed by atoms with Gasteiger partial charge in [0.25, 0.3) is 5.91 Å². The van der Waals surface area contributed by atoms with E-state index in [4.69, 9.17) is 13.9 Å². The highest BCUT2D eigenvalue weighted by molar-refractivity contribution is 6.03. The van der Waals surface area contributed by atoms with Gasteiger partial charge in [-0.3, -0.25) is 9.59 Å². The third kappa shape index (κ3) is 4.67. The number of methoxy groups -OCH3 is 1. The zero-order valence-electron chi connectivity index (χ0n) is 21.2. The second-order valence-corrected chi connectivity index (χ2v) is 9.71. The number of fused-ring (bicyclic) bond motifs is 2. The number of hydrogen-bond donors (Lipinski definition) is 0. The first-order valence-electron chi connectivity index (χ1n) is 12.9. The van der Waals surface area contributed by atoms with Crippen molar-refractivity contribution in [2.75, 3.05) is 13.7 Å². The van der Waals surface area contributed by atoms with Crippen molar-refractivity contribution in [2.45, 2.75) is 38.1 Å². The Labute approximate surface area is 220 Å². The Morgan fingerprint density at radius 1 is 1.03 bits per heavy atom. The van der Waals surface area contributed by atoms with Crippen molar-refractivity contribution in [3.63, 3.8) is 0 Å². The minimum absolute atomic E-state index is 0.0412. The number of furan rings is 1. The molecule has 1 aromatic heterocycles. The molecule has 1 amide bonds. The highest BCUT2D eigenvalue weighted by atomic mass is 16.5. The van der Waals surface area contributed by atoms with Crippen LogP contribution in [0.15, 0.2) is 82.5 Å². The van der Waals surface area contributed by atoms with Crippen LogP contribution in [0.25, 0.3) is 11.0 Å². The van der Waals surface area contributed by atoms with Crippen LogP contribution in [0.3, 0.4) is 0 Å². The highest BCUT2D eigenvalue weighted by Gasteiger charge is 2.33. The third-order valence-electron chi connectivity index (χ3n) is 7.33. The van der Waals surface area contributed by atoms with Gasteiger partial charge >= 0.3 is 5.97 Å². The quantitative estimate of drug-likeness (QED) is 0.313. The summed E-state index contributed by atoms with van der Waals surface area (Å²) in [4.78, 5) is 26.0. The summed E-state index contributed by atoms with van der Waals surface area (Å²) in [5.74, 6) is -0.117. The SMILES string of the molecule is COc1ccc([C@H]2CC(c3ccccc3)=NN2C(=O)COC(=O)Cc2coc3cc4c(cc23)CCC4)cc1. The molecule has 0 N–H and O–H groups in total. The maximum absolute atomic E-state index is 13.3. The Morgan fingerprint density at radius 3 is 2.55 bits per heavy atom. The van der Waals surface area contributed by atoms with Gasteiger partial charge in [0.05, 0.1) is 31.5 Å². The summed E-state index contributed by atoms with van der Waals surface area (Å²) in [6, 6.07) is 21.3. The van der Waals surface area contributed by atoms with Gasteiger partial charge in [0.15, 0.2) is 6.61 Å². The average molecular weight is 509 g/mol. The van der Waals surface area contributed by atoms with Crippen LogP contribution in [-0.2, 0) is 33.6 Å². The van der Waals surface area contributed by atoms with E-state index >= 15 is 0 Å². The van der Waals surface area contributed by atoms with Crippen LogP contribution in [0.1, 0.15) is 46.7 Å². The summed E-state index contributed by atoms with van der Waals surface area (Å²) in [6.07, 6.45) is 5.46. The van der Waals surface area contributed by atoms with Crippen LogP contribution in [0.2, 0.25) is 0 Å². The van der Waals surface area contributed by atoms with E-state index in [1.807, 2.05) is 54.6 Å². The van der Waals surface area contributed by atoms with E-state index in [-0.39, 0.29) is 25.0 Å². The fraction of sp³-hybridized carbons (Fsp3) is 0.258. The van der Waals surface area contributed by atoms with Gasteiger partial charge < -0.3 is 13.9 Å². The molecule has 0 saturated carbocycles. The van der Waals surface area contributed by atoms with Crippen molar-refractivity contribution in [3.8, 4) is 5.75 Å². The molecule has 1 aliphatic heterocycles. The molecule has 0 fully saturated rings. The molecule has 4 aromatic rings. The topological polar surface area (TPSA) is 81.3 Å². The lowest BCUT2D eigenvalue weighted by Gasteiger charge is -2.22. The summed E-state index contributed by atoms with van der Waals surface area (Å²) in [7, 11) is 1.62. The largest absolute Gasteiger partial charge is 0.497 e. The number of carbonyl (C=O) groups excluding carboxylic acids is 2. The van der Waals surface area contributed by atoms with Gasteiger partial charge in [-0.15, -0.1) is 0 Å². The normalized spacial score (nSPS) is 16.4. The predicted octanol–water partition coefficient (Wildman–Crippen LogP) is 5.39. The van der Waals surface area contributed by atoms with E-state index < -0.39 is 5.97 Å². The summed E-state index contributed by atoms with van der Waals surface area (Å²) in [5.41, 5.74) is 6.88. The number of hydrazone groups is 1. The highest BCUT2D eigenvalue weighted by Crippen LogP contribution is 2.34. The van der Waals surface area contributed by atoms with Crippen LogP contribution in [0, 0.1) is 0 Å². The molecule has 3 aromatic carbocycles. The van der Waals surface area contributed by atoms with E-state index in [1.54, 1.807) is 13.4 Å². The van der Waals surface area contributed by atoms with Crippen LogP contribution in [0.5, 0.6) is 5.75 Å². The van der Waals surface area contributed by atoms with Gasteiger partial charge in [0.2, 0.25) is 0 Å². The number of aryl methyl sites for hydroxylation is 2. The number of benzene rings is 3. The molecule has 0 saturated heterocycles. The van der Waals surface area contributed by atoms with Gasteiger partial charge in [0, 0.05) is 17.4 Å². The fourth-order valence-electron chi connectivity index (χ4n) is 5.33. The Morgan fingerprint density at radius 2 is 1.79 bits per heavy atom. The predicted molar refractivity (Wildman–Crippen MR) is 143 cm³/mol. The maximum atomic E-state index is 13.3. The first kappa shape index (κ1) is 24.0. The molecular weight excluding hydrogens is 480 g/mol. The number of nitrogens with zero attached hydrogens (tertiary/aromatic N) is 2. The van der Waals surface area contributed by atoms with Crippen LogP contribution in [-0.4, -0.2) is 36.3 Å². The maximum Gasteiger partial charge on any atom is 0.310 e. The Hall–Kier alpha value is -4.39. The molecule has 2 aliphatic rings. The van der Waals surface area contributed by atoms with Crippen molar-refractivity contribution in [1.82, 2.24) is 5.01 Å². The van der Waals surface area contributed by atoms with Gasteiger partial charge in [-0.2, -0.15) is 5.10 Å². The molecule has 1 aliphatic carbocycles. The minimum Gasteiger partial charge on any atom is -0.497 e. The molecule has 7 nitrogen and oxygen atoms in total. The summed E-state index contributed by atoms with van der Waals surface area (Å²) in [6.45, 7) is -0.387. The van der Waals surface area contributed by atoms with Crippen molar-refractivity contribution in [3.05, 3.63) is 101 Å². The number of amides is 1. The monoisotopic (exact) mass is 508 g/mol. The molecule has 38 heavy (non-hydrogen) atoms. The first-order chi connectivity index (χ1) is 18.6. The first-order valence-corrected chi connectivity index (χ1v) is 12.9. The van der Waals surface area contributed by atoms with Crippen molar-refractivity contribution in [2.24, 2.45) is 5.10 Å². The Balaban J connectivity index is 1.16. The zero-order chi connectivity index (χ0) is 26.1. The molecule has 0 radical (unpaired) electrons. The number of hydrogen-bond acceptors (Lipinski definition) is 6. The van der Waals surface area contributed by atoms with Crippen molar-refractivity contribution < 1.29 is 23.5 Å². The lowest BCUT2D eigenvalue weighted by Crippen LogP contribution is -2.31. The van der Waals surface area contributed by atoms with E-state index in [0.717, 1.165) is 58.4 Å². The van der Waals surface area contributed by atoms with E-state index in [0.29, 0.717) is 6.42 Å². The van der Waals surface area contributed by atoms with Gasteiger partial charge in [-0.25, -0.2) is 5.01 Å². The molecule has 192 valence electrons. The second-order valence-electron chi connectivity index (χ2n) is 9.71. The molecule has 1 atom stereocenters. The summed E-state index contributed by atoms with van der Waals surface area (Å²) < 4.78 is 16.4. The molecule has 0 spiro atoms. The van der Waals surface area contributed by atoms with E-state index in [9.17, 15) is 9.59 Å². The lowest BCUT2D eigenvalue weighted by atomic mass is 9.98. The lowest BCUT2D eigenvalue weighted by molar-refractivity contribution is -0.152. The molecule has 7 heteroatoms. The number of carbonyl (C=O) groups is 2. The average Bonchev–Trinajstić information content (AvgIpc) is 3.70. The van der Waals surface area contributed by atoms with Crippen molar-refractivity contribution >= 4 is 28.6 Å². The molecular formula is C31H28N2O5. The molecule has 0 unspecified atom stereocenters. The molecule has 0 bridgehead atoms.